The normalized spacial score (nSPS) is 16.3. The number of amides is 1. The molecule has 9 nitrogen and oxygen atoms in total. The number of nitrogens with one attached hydrogen (secondary N) is 1. The van der Waals surface area contributed by atoms with Gasteiger partial charge in [-0.1, -0.05) is 24.3 Å². The first-order chi connectivity index (χ1) is 18.0. The van der Waals surface area contributed by atoms with Gasteiger partial charge >= 0.3 is 0 Å². The molecule has 3 aromatic rings. The molecule has 0 radical (unpaired) electrons. The molecule has 4 rings (SSSR count). The molecule has 11 heteroatoms. The second kappa shape index (κ2) is 11.3. The number of aryl methyl sites for hydroxylation is 1. The smallest absolute Gasteiger partial charge is 0.261 e. The van der Waals surface area contributed by atoms with Crippen molar-refractivity contribution < 1.29 is 22.3 Å². The van der Waals surface area contributed by atoms with Crippen LogP contribution in [0.2, 0.25) is 0 Å². The largest absolute Gasteiger partial charge is 0.379 e. The van der Waals surface area contributed by atoms with E-state index in [0.29, 0.717) is 16.6 Å². The molecule has 1 saturated heterocycles. The fourth-order valence-corrected chi connectivity index (χ4v) is 5.49. The summed E-state index contributed by atoms with van der Waals surface area (Å²) >= 11 is 0. The summed E-state index contributed by atoms with van der Waals surface area (Å²) in [5.74, 6) is -1.22. The molecule has 0 spiro atoms. The third-order valence-corrected chi connectivity index (χ3v) is 9.38. The molecule has 1 aliphatic heterocycles. The minimum Gasteiger partial charge on any atom is -0.379 e. The van der Waals surface area contributed by atoms with Gasteiger partial charge in [-0.15, -0.1) is 0 Å². The van der Waals surface area contributed by atoms with Crippen molar-refractivity contribution in [3.8, 4) is 11.1 Å². The molecule has 1 amide bonds. The summed E-state index contributed by atoms with van der Waals surface area (Å²) in [7, 11) is -2.42. The summed E-state index contributed by atoms with van der Waals surface area (Å²) < 4.78 is 44.6. The minimum atomic E-state index is -3.77. The highest BCUT2D eigenvalue weighted by atomic mass is 32.2. The summed E-state index contributed by atoms with van der Waals surface area (Å²) in [6.07, 6.45) is 3.03. The first kappa shape index (κ1) is 27.9. The van der Waals surface area contributed by atoms with Gasteiger partial charge in [-0.05, 0) is 43.0 Å². The molecule has 1 N–H and O–H groups in total. The number of benzene rings is 2. The third kappa shape index (κ3) is 5.79. The maximum Gasteiger partial charge on any atom is 0.261 e. The molecule has 1 atom stereocenters. The summed E-state index contributed by atoms with van der Waals surface area (Å²) in [6, 6.07) is 10.4. The molecular weight excluding hydrogens is 511 g/mol. The van der Waals surface area contributed by atoms with E-state index in [2.05, 4.69) is 15.2 Å². The van der Waals surface area contributed by atoms with E-state index in [-0.39, 0.29) is 18.4 Å². The molecule has 2 aromatic carbocycles. The van der Waals surface area contributed by atoms with Crippen molar-refractivity contribution in [3.05, 3.63) is 64.5 Å². The number of ether oxygens (including phenoxy) is 1. The minimum absolute atomic E-state index is 0.0753. The van der Waals surface area contributed by atoms with Crippen LogP contribution in [-0.4, -0.2) is 79.7 Å². The molecule has 0 bridgehead atoms. The molecule has 2 heterocycles. The number of halogens is 1. The Labute approximate surface area is 221 Å². The van der Waals surface area contributed by atoms with E-state index in [0.717, 1.165) is 57.2 Å². The van der Waals surface area contributed by atoms with Crippen LogP contribution < -0.4 is 10.9 Å². The molecule has 0 unspecified atom stereocenters. The van der Waals surface area contributed by atoms with Gasteiger partial charge in [-0.3, -0.25) is 19.1 Å². The summed E-state index contributed by atoms with van der Waals surface area (Å²) in [5.41, 5.74) is 1.99. The van der Waals surface area contributed by atoms with Crippen LogP contribution in [0.25, 0.3) is 22.0 Å². The summed E-state index contributed by atoms with van der Waals surface area (Å²) in [5, 5.41) is 2.45. The van der Waals surface area contributed by atoms with Gasteiger partial charge < -0.3 is 10.1 Å². The van der Waals surface area contributed by atoms with Crippen molar-refractivity contribution in [1.82, 2.24) is 19.8 Å². The lowest BCUT2D eigenvalue weighted by atomic mass is 10.0. The van der Waals surface area contributed by atoms with Crippen LogP contribution in [0.1, 0.15) is 18.9 Å². The van der Waals surface area contributed by atoms with Crippen LogP contribution >= 0.6 is 0 Å². The lowest BCUT2D eigenvalue weighted by Gasteiger charge is -2.26. The highest BCUT2D eigenvalue weighted by Gasteiger charge is 2.42. The lowest BCUT2D eigenvalue weighted by Crippen LogP contribution is -2.49. The molecule has 1 fully saturated rings. The number of fused-ring (bicyclic) bond motifs is 1. The van der Waals surface area contributed by atoms with Crippen LogP contribution in [0.3, 0.4) is 0 Å². The quantitative estimate of drug-likeness (QED) is 0.439. The fourth-order valence-electron chi connectivity index (χ4n) is 4.59. The highest BCUT2D eigenvalue weighted by molar-refractivity contribution is 7.92. The third-order valence-electron chi connectivity index (χ3n) is 7.35. The van der Waals surface area contributed by atoms with Gasteiger partial charge in [0.2, 0.25) is 5.91 Å². The second-order valence-electron chi connectivity index (χ2n) is 9.83. The summed E-state index contributed by atoms with van der Waals surface area (Å²) in [6.45, 7) is 5.56. The molecular formula is C27H33FN4O5S. The topological polar surface area (TPSA) is 111 Å². The lowest BCUT2D eigenvalue weighted by molar-refractivity contribution is -0.123. The number of carbonyl (C=O) groups is 1. The number of hydrogen-bond donors (Lipinski definition) is 1. The van der Waals surface area contributed by atoms with E-state index in [1.165, 1.54) is 24.9 Å². The standard InChI is InChI=1S/C27H33FN4O5S/c1-27(26(34)29-2,38(3,35)36)9-11-32-18-30-24-17-21(23(28)16-22(24)25(32)33)20-6-4-19(5-7-20)8-10-31-12-14-37-15-13-31/h4-7,16-18H,8-15H2,1-3H3,(H,29,34)/t27-/m1/s1. The van der Waals surface area contributed by atoms with Crippen molar-refractivity contribution in [2.75, 3.05) is 46.2 Å². The van der Waals surface area contributed by atoms with Gasteiger partial charge in [-0.2, -0.15) is 0 Å². The van der Waals surface area contributed by atoms with E-state index >= 15 is 4.39 Å². The van der Waals surface area contributed by atoms with Gasteiger partial charge in [-0.25, -0.2) is 17.8 Å². The maximum absolute atomic E-state index is 15.2. The number of rotatable bonds is 9. The van der Waals surface area contributed by atoms with E-state index < -0.39 is 31.9 Å². The molecule has 38 heavy (non-hydrogen) atoms. The number of sulfone groups is 1. The molecule has 204 valence electrons. The van der Waals surface area contributed by atoms with E-state index in [1.807, 2.05) is 24.3 Å². The van der Waals surface area contributed by atoms with Crippen LogP contribution in [0.5, 0.6) is 0 Å². The first-order valence-corrected chi connectivity index (χ1v) is 14.4. The van der Waals surface area contributed by atoms with Crippen molar-refractivity contribution in [1.29, 1.82) is 0 Å². The number of carbonyl (C=O) groups excluding carboxylic acids is 1. The Bertz CT molecular complexity index is 1480. The average Bonchev–Trinajstić information content (AvgIpc) is 2.91. The van der Waals surface area contributed by atoms with Crippen LogP contribution in [0.4, 0.5) is 4.39 Å². The fraction of sp³-hybridized carbons (Fsp3) is 0.444. The summed E-state index contributed by atoms with van der Waals surface area (Å²) in [4.78, 5) is 32.1. The number of aromatic nitrogens is 2. The van der Waals surface area contributed by atoms with Gasteiger partial charge in [0.1, 0.15) is 10.6 Å². The zero-order valence-electron chi connectivity index (χ0n) is 21.9. The van der Waals surface area contributed by atoms with E-state index in [4.69, 9.17) is 4.74 Å². The van der Waals surface area contributed by atoms with Gasteiger partial charge in [0.25, 0.3) is 5.56 Å². The number of nitrogens with zero attached hydrogens (tertiary/aromatic N) is 3. The second-order valence-corrected chi connectivity index (χ2v) is 12.3. The molecule has 0 aliphatic carbocycles. The Balaban J connectivity index is 1.54. The van der Waals surface area contributed by atoms with Crippen molar-refractivity contribution in [2.45, 2.75) is 31.1 Å². The predicted molar refractivity (Wildman–Crippen MR) is 144 cm³/mol. The van der Waals surface area contributed by atoms with Crippen molar-refractivity contribution in [2.24, 2.45) is 0 Å². The van der Waals surface area contributed by atoms with E-state index in [9.17, 15) is 18.0 Å². The zero-order chi connectivity index (χ0) is 27.5. The van der Waals surface area contributed by atoms with Crippen LogP contribution in [0.15, 0.2) is 47.5 Å². The zero-order valence-corrected chi connectivity index (χ0v) is 22.7. The molecule has 1 aromatic heterocycles. The predicted octanol–water partition coefficient (Wildman–Crippen LogP) is 2.02. The van der Waals surface area contributed by atoms with Gasteiger partial charge in [0.05, 0.1) is 30.4 Å². The van der Waals surface area contributed by atoms with Crippen molar-refractivity contribution >= 4 is 26.6 Å². The van der Waals surface area contributed by atoms with Crippen LogP contribution in [0, 0.1) is 5.82 Å². The maximum atomic E-state index is 15.2. The Kier molecular flexibility index (Phi) is 8.29. The monoisotopic (exact) mass is 544 g/mol. The average molecular weight is 545 g/mol. The first-order valence-electron chi connectivity index (χ1n) is 12.5. The van der Waals surface area contributed by atoms with Gasteiger partial charge in [0, 0.05) is 45.0 Å². The Morgan fingerprint density at radius 3 is 2.47 bits per heavy atom. The van der Waals surface area contributed by atoms with E-state index in [1.54, 1.807) is 6.07 Å². The number of morpholine rings is 1. The Hall–Kier alpha value is -3.15. The Morgan fingerprint density at radius 1 is 1.16 bits per heavy atom. The van der Waals surface area contributed by atoms with Gasteiger partial charge in [0.15, 0.2) is 9.84 Å². The molecule has 0 saturated carbocycles. The number of hydrogen-bond acceptors (Lipinski definition) is 7. The Morgan fingerprint density at radius 2 is 1.84 bits per heavy atom. The SMILES string of the molecule is CNC(=O)[C@@](C)(CCn1cnc2cc(-c3ccc(CCN4CCOCC4)cc3)c(F)cc2c1=O)S(C)(=O)=O. The molecule has 1 aliphatic rings. The highest BCUT2D eigenvalue weighted by Crippen LogP contribution is 2.27. The van der Waals surface area contributed by atoms with Crippen LogP contribution in [-0.2, 0) is 32.3 Å². The van der Waals surface area contributed by atoms with Crippen molar-refractivity contribution in [3.63, 3.8) is 0 Å².